The third-order valence-electron chi connectivity index (χ3n) is 2.27. The third kappa shape index (κ3) is 2.75. The van der Waals surface area contributed by atoms with Gasteiger partial charge in [-0.15, -0.1) is 0 Å². The number of hydrogen-bond donors (Lipinski definition) is 0. The van der Waals surface area contributed by atoms with E-state index < -0.39 is 0 Å². The molecule has 4 heteroatoms. The van der Waals surface area contributed by atoms with Crippen LogP contribution in [0.5, 0.6) is 0 Å². The number of aryl methyl sites for hydroxylation is 1. The lowest BCUT2D eigenvalue weighted by molar-refractivity contribution is 1.25. The minimum atomic E-state index is 0.195. The molecule has 2 rings (SSSR count). The first-order valence-corrected chi connectivity index (χ1v) is 5.17. The summed E-state index contributed by atoms with van der Waals surface area (Å²) in [6.07, 6.45) is 0. The molecule has 1 heterocycles. The van der Waals surface area contributed by atoms with E-state index in [1.165, 1.54) is 0 Å². The van der Waals surface area contributed by atoms with Crippen LogP contribution in [0.4, 0.5) is 0 Å². The number of rotatable bonds is 1. The molecule has 4 nitrogen and oxygen atoms in total. The van der Waals surface area contributed by atoms with E-state index in [-0.39, 0.29) is 6.54 Å². The number of fused-ring (bicyclic) bond motifs is 1. The van der Waals surface area contributed by atoms with Crippen LogP contribution in [0.15, 0.2) is 35.4 Å². The van der Waals surface area contributed by atoms with Crippen molar-refractivity contribution < 1.29 is 0 Å². The molecule has 0 saturated carbocycles. The molecule has 0 radical (unpaired) electrons. The lowest BCUT2D eigenvalue weighted by atomic mass is 10.1. The van der Waals surface area contributed by atoms with Crippen LogP contribution in [0, 0.1) is 18.8 Å². The Kier molecular flexibility index (Phi) is 3.25. The maximum atomic E-state index is 8.11. The fourth-order valence-corrected chi connectivity index (χ4v) is 1.51. The molecule has 1 aromatic heterocycles. The normalized spacial score (nSPS) is 9.24. The molecule has 2 aromatic rings. The Morgan fingerprint density at radius 2 is 2.24 bits per heavy atom. The predicted octanol–water partition coefficient (Wildman–Crippen LogP) is 3.21. The molecule has 0 spiro atoms. The van der Waals surface area contributed by atoms with Gasteiger partial charge >= 0.3 is 0 Å². The minimum absolute atomic E-state index is 0.195. The molecule has 0 aliphatic heterocycles. The van der Waals surface area contributed by atoms with Gasteiger partial charge in [0.1, 0.15) is 0 Å². The zero-order valence-electron chi connectivity index (χ0n) is 9.38. The van der Waals surface area contributed by atoms with Crippen molar-refractivity contribution >= 4 is 10.9 Å². The van der Waals surface area contributed by atoms with Crippen molar-refractivity contribution in [2.24, 2.45) is 5.11 Å². The van der Waals surface area contributed by atoms with E-state index in [2.05, 4.69) is 26.9 Å². The average molecular weight is 222 g/mol. The smallest absolute Gasteiger partial charge is 0.0880 e. The first-order chi connectivity index (χ1) is 8.29. The Labute approximate surface area is 98.9 Å². The van der Waals surface area contributed by atoms with Gasteiger partial charge in [-0.3, -0.25) is 4.98 Å². The minimum Gasteiger partial charge on any atom is -0.253 e. The second kappa shape index (κ2) is 5.02. The monoisotopic (exact) mass is 222 g/mol. The number of benzene rings is 1. The zero-order chi connectivity index (χ0) is 12.1. The second-order valence-corrected chi connectivity index (χ2v) is 3.55. The van der Waals surface area contributed by atoms with Crippen molar-refractivity contribution in [1.82, 2.24) is 4.98 Å². The molecule has 17 heavy (non-hydrogen) atoms. The Balaban J connectivity index is 2.33. The van der Waals surface area contributed by atoms with E-state index in [0.717, 1.165) is 22.2 Å². The summed E-state index contributed by atoms with van der Waals surface area (Å²) in [5.74, 6) is 5.73. The Morgan fingerprint density at radius 1 is 1.35 bits per heavy atom. The van der Waals surface area contributed by atoms with Crippen molar-refractivity contribution in [3.8, 4) is 11.8 Å². The number of azide groups is 1. The van der Waals surface area contributed by atoms with Gasteiger partial charge in [-0.25, -0.2) is 0 Å². The van der Waals surface area contributed by atoms with Crippen LogP contribution in [0.3, 0.4) is 0 Å². The van der Waals surface area contributed by atoms with Crippen LogP contribution in [-0.2, 0) is 0 Å². The van der Waals surface area contributed by atoms with Crippen LogP contribution in [-0.4, -0.2) is 11.5 Å². The van der Waals surface area contributed by atoms with Gasteiger partial charge in [-0.2, -0.15) is 0 Å². The van der Waals surface area contributed by atoms with E-state index in [9.17, 15) is 0 Å². The average Bonchev–Trinajstić information content (AvgIpc) is 2.35. The summed E-state index contributed by atoms with van der Waals surface area (Å²) in [7, 11) is 0. The van der Waals surface area contributed by atoms with Gasteiger partial charge in [0.05, 0.1) is 12.1 Å². The molecule has 0 bridgehead atoms. The van der Waals surface area contributed by atoms with E-state index in [4.69, 9.17) is 5.53 Å². The summed E-state index contributed by atoms with van der Waals surface area (Å²) in [5, 5.41) is 4.42. The maximum Gasteiger partial charge on any atom is 0.0880 e. The molecule has 0 unspecified atom stereocenters. The summed E-state index contributed by atoms with van der Waals surface area (Å²) < 4.78 is 0. The van der Waals surface area contributed by atoms with Crippen molar-refractivity contribution in [2.45, 2.75) is 6.92 Å². The van der Waals surface area contributed by atoms with Crippen molar-refractivity contribution in [1.29, 1.82) is 0 Å². The van der Waals surface area contributed by atoms with Crippen LogP contribution in [0.25, 0.3) is 21.3 Å². The van der Waals surface area contributed by atoms with Crippen LogP contribution < -0.4 is 0 Å². The highest BCUT2D eigenvalue weighted by molar-refractivity contribution is 5.80. The first-order valence-electron chi connectivity index (χ1n) is 5.17. The zero-order valence-corrected chi connectivity index (χ0v) is 9.38. The van der Waals surface area contributed by atoms with Gasteiger partial charge in [-0.05, 0) is 36.7 Å². The Morgan fingerprint density at radius 3 is 3.06 bits per heavy atom. The van der Waals surface area contributed by atoms with Gasteiger partial charge in [0.15, 0.2) is 0 Å². The molecule has 0 aliphatic rings. The molecular weight excluding hydrogens is 212 g/mol. The topological polar surface area (TPSA) is 61.7 Å². The third-order valence-corrected chi connectivity index (χ3v) is 2.27. The van der Waals surface area contributed by atoms with E-state index in [1.807, 2.05) is 37.3 Å². The fraction of sp³-hybridized carbons (Fsp3) is 0.154. The molecule has 0 saturated heterocycles. The van der Waals surface area contributed by atoms with Gasteiger partial charge in [-0.1, -0.05) is 23.0 Å². The van der Waals surface area contributed by atoms with Crippen molar-refractivity contribution in [3.63, 3.8) is 0 Å². The van der Waals surface area contributed by atoms with Crippen molar-refractivity contribution in [2.75, 3.05) is 6.54 Å². The summed E-state index contributed by atoms with van der Waals surface area (Å²) in [4.78, 5) is 7.05. The number of hydrogen-bond acceptors (Lipinski definition) is 2. The summed E-state index contributed by atoms with van der Waals surface area (Å²) >= 11 is 0. The second-order valence-electron chi connectivity index (χ2n) is 3.55. The molecule has 82 valence electrons. The van der Waals surface area contributed by atoms with Crippen molar-refractivity contribution in [3.05, 3.63) is 52.0 Å². The quantitative estimate of drug-likeness (QED) is 0.316. The Bertz CT molecular complexity index is 658. The highest BCUT2D eigenvalue weighted by Gasteiger charge is 1.95. The van der Waals surface area contributed by atoms with E-state index >= 15 is 0 Å². The summed E-state index contributed by atoms with van der Waals surface area (Å²) in [6.45, 7) is 2.16. The van der Waals surface area contributed by atoms with Gasteiger partial charge in [0.25, 0.3) is 0 Å². The molecule has 1 aromatic carbocycles. The molecule has 0 atom stereocenters. The molecule has 0 N–H and O–H groups in total. The number of nitrogens with zero attached hydrogens (tertiary/aromatic N) is 4. The fourth-order valence-electron chi connectivity index (χ4n) is 1.51. The standard InChI is InChI=1S/C13H10N4/c1-10-4-6-12-9-11(3-2-8-15-17-14)5-7-13(12)16-10/h4-7,9H,8H2,1H3. The Hall–Kier alpha value is -2.50. The van der Waals surface area contributed by atoms with E-state index in [0.29, 0.717) is 0 Å². The highest BCUT2D eigenvalue weighted by atomic mass is 15.1. The highest BCUT2D eigenvalue weighted by Crippen LogP contribution is 2.14. The number of pyridine rings is 1. The first kappa shape index (κ1) is 11.0. The number of aromatic nitrogens is 1. The summed E-state index contributed by atoms with van der Waals surface area (Å²) in [5.41, 5.74) is 11.0. The largest absolute Gasteiger partial charge is 0.253 e. The summed E-state index contributed by atoms with van der Waals surface area (Å²) in [6, 6.07) is 9.83. The predicted molar refractivity (Wildman–Crippen MR) is 67.4 cm³/mol. The van der Waals surface area contributed by atoms with Gasteiger partial charge in [0, 0.05) is 21.6 Å². The lowest BCUT2D eigenvalue weighted by Gasteiger charge is -1.99. The maximum absolute atomic E-state index is 8.11. The van der Waals surface area contributed by atoms with E-state index in [1.54, 1.807) is 0 Å². The SMILES string of the molecule is Cc1ccc2cc(C#CCN=[N+]=[N-])ccc2n1. The van der Waals surface area contributed by atoms with Gasteiger partial charge < -0.3 is 0 Å². The molecule has 0 aliphatic carbocycles. The van der Waals surface area contributed by atoms with Crippen LogP contribution >= 0.6 is 0 Å². The van der Waals surface area contributed by atoms with Gasteiger partial charge in [0.2, 0.25) is 0 Å². The van der Waals surface area contributed by atoms with Crippen LogP contribution in [0.1, 0.15) is 11.3 Å². The van der Waals surface area contributed by atoms with Crippen LogP contribution in [0.2, 0.25) is 0 Å². The lowest BCUT2D eigenvalue weighted by Crippen LogP contribution is -1.84. The molecule has 0 fully saturated rings. The molecular formula is C13H10N4. The molecule has 0 amide bonds.